The van der Waals surface area contributed by atoms with Crippen molar-refractivity contribution in [3.05, 3.63) is 33.9 Å². The first-order valence-corrected chi connectivity index (χ1v) is 6.01. The van der Waals surface area contributed by atoms with E-state index in [4.69, 9.17) is 8.76 Å². The van der Waals surface area contributed by atoms with Gasteiger partial charge in [0.1, 0.15) is 0 Å². The molecule has 0 bridgehead atoms. The maximum absolute atomic E-state index is 10.4. The molecule has 2 rings (SSSR count). The lowest BCUT2D eigenvalue weighted by molar-refractivity contribution is -0.384. The predicted octanol–water partition coefficient (Wildman–Crippen LogP) is 1.06. The molecule has 6 nitrogen and oxygen atoms in total. The molecule has 1 aliphatic heterocycles. The Morgan fingerprint density at radius 2 is 2.12 bits per heavy atom. The summed E-state index contributed by atoms with van der Waals surface area (Å²) in [4.78, 5) is 10.0. The molecule has 0 spiro atoms. The standard InChI is InChI=1S/C8H8N2O2.CH4O2S/c11-10(12)7-2-1-6-3-4-9-8(6)5-7;1-4(2)3/h1-2,5,9H,3-4H2;1H3,(H,2,3)/p-1. The van der Waals surface area contributed by atoms with E-state index in [1.165, 1.54) is 5.56 Å². The molecular formula is C9H11N2O4S-. The maximum Gasteiger partial charge on any atom is 0.271 e. The van der Waals surface area contributed by atoms with Crippen LogP contribution in [0.2, 0.25) is 0 Å². The number of hydrogen-bond donors (Lipinski definition) is 1. The van der Waals surface area contributed by atoms with Crippen molar-refractivity contribution in [2.45, 2.75) is 6.42 Å². The van der Waals surface area contributed by atoms with Crippen LogP contribution in [-0.4, -0.2) is 26.5 Å². The zero-order valence-corrected chi connectivity index (χ0v) is 9.45. The van der Waals surface area contributed by atoms with E-state index >= 15 is 0 Å². The van der Waals surface area contributed by atoms with Gasteiger partial charge in [0.05, 0.1) is 4.92 Å². The fourth-order valence-electron chi connectivity index (χ4n) is 1.39. The van der Waals surface area contributed by atoms with Crippen LogP contribution >= 0.6 is 0 Å². The molecule has 1 heterocycles. The molecule has 1 aliphatic rings. The Bertz CT molecular complexity index is 418. The molecule has 0 aromatic heterocycles. The largest absolute Gasteiger partial charge is 0.773 e. The van der Waals surface area contributed by atoms with Crippen LogP contribution in [0.25, 0.3) is 0 Å². The van der Waals surface area contributed by atoms with E-state index in [1.54, 1.807) is 12.1 Å². The van der Waals surface area contributed by atoms with Gasteiger partial charge in [-0.3, -0.25) is 14.3 Å². The van der Waals surface area contributed by atoms with Crippen molar-refractivity contribution in [2.75, 3.05) is 18.1 Å². The number of anilines is 1. The van der Waals surface area contributed by atoms with E-state index in [2.05, 4.69) is 5.32 Å². The van der Waals surface area contributed by atoms with Crippen LogP contribution in [0.5, 0.6) is 0 Å². The monoisotopic (exact) mass is 243 g/mol. The van der Waals surface area contributed by atoms with Gasteiger partial charge in [0.2, 0.25) is 0 Å². The van der Waals surface area contributed by atoms with Crippen molar-refractivity contribution < 1.29 is 13.7 Å². The van der Waals surface area contributed by atoms with Crippen LogP contribution in [0.15, 0.2) is 18.2 Å². The number of rotatable bonds is 1. The van der Waals surface area contributed by atoms with Crippen molar-refractivity contribution in [3.63, 3.8) is 0 Å². The van der Waals surface area contributed by atoms with E-state index in [0.717, 1.165) is 24.9 Å². The minimum Gasteiger partial charge on any atom is -0.773 e. The molecule has 88 valence electrons. The van der Waals surface area contributed by atoms with Crippen molar-refractivity contribution in [1.82, 2.24) is 0 Å². The first-order valence-electron chi connectivity index (χ1n) is 4.53. The lowest BCUT2D eigenvalue weighted by Gasteiger charge is -1.97. The number of nitro benzene ring substituents is 1. The zero-order chi connectivity index (χ0) is 12.1. The maximum atomic E-state index is 10.4. The molecular weight excluding hydrogens is 232 g/mol. The van der Waals surface area contributed by atoms with Gasteiger partial charge in [-0.05, 0) is 18.2 Å². The molecule has 1 atom stereocenters. The van der Waals surface area contributed by atoms with E-state index < -0.39 is 11.1 Å². The number of hydrogen-bond acceptors (Lipinski definition) is 5. The summed E-state index contributed by atoms with van der Waals surface area (Å²) in [6.07, 6.45) is 2.05. The third-order valence-electron chi connectivity index (χ3n) is 2.01. The fourth-order valence-corrected chi connectivity index (χ4v) is 1.39. The van der Waals surface area contributed by atoms with Crippen LogP contribution in [0.3, 0.4) is 0 Å². The molecule has 0 saturated carbocycles. The number of non-ortho nitro benzene ring substituents is 1. The number of fused-ring (bicyclic) bond motifs is 1. The highest BCUT2D eigenvalue weighted by Crippen LogP contribution is 2.26. The number of nitro groups is 1. The Morgan fingerprint density at radius 1 is 1.50 bits per heavy atom. The minimum absolute atomic E-state index is 0.156. The van der Waals surface area contributed by atoms with Crippen LogP contribution < -0.4 is 5.32 Å². The van der Waals surface area contributed by atoms with Gasteiger partial charge in [-0.25, -0.2) is 0 Å². The van der Waals surface area contributed by atoms with Gasteiger partial charge in [-0.15, -0.1) is 0 Å². The average molecular weight is 243 g/mol. The number of nitrogens with zero attached hydrogens (tertiary/aromatic N) is 1. The summed E-state index contributed by atoms with van der Waals surface area (Å²) < 4.78 is 18.0. The predicted molar refractivity (Wildman–Crippen MR) is 60.1 cm³/mol. The first-order chi connectivity index (χ1) is 7.50. The minimum atomic E-state index is -1.86. The van der Waals surface area contributed by atoms with Crippen molar-refractivity contribution in [2.24, 2.45) is 0 Å². The lowest BCUT2D eigenvalue weighted by atomic mass is 10.1. The molecule has 1 aromatic carbocycles. The summed E-state index contributed by atoms with van der Waals surface area (Å²) in [6.45, 7) is 0.885. The second-order valence-corrected chi connectivity index (χ2v) is 3.98. The molecule has 0 amide bonds. The van der Waals surface area contributed by atoms with E-state index in [9.17, 15) is 10.1 Å². The van der Waals surface area contributed by atoms with Gasteiger partial charge >= 0.3 is 0 Å². The van der Waals surface area contributed by atoms with E-state index in [-0.39, 0.29) is 10.6 Å². The van der Waals surface area contributed by atoms with E-state index in [0.29, 0.717) is 0 Å². The van der Waals surface area contributed by atoms with Gasteiger partial charge < -0.3 is 9.87 Å². The molecule has 1 N–H and O–H groups in total. The topological polar surface area (TPSA) is 95.3 Å². The Kier molecular flexibility index (Phi) is 4.39. The normalized spacial score (nSPS) is 14.1. The number of nitrogens with one attached hydrogen (secondary N) is 1. The molecule has 1 aromatic rings. The van der Waals surface area contributed by atoms with Gasteiger partial charge in [0.15, 0.2) is 0 Å². The van der Waals surface area contributed by atoms with Gasteiger partial charge in [-0.1, -0.05) is 17.1 Å². The van der Waals surface area contributed by atoms with Crippen LogP contribution in [-0.2, 0) is 17.5 Å². The van der Waals surface area contributed by atoms with Crippen molar-refractivity contribution in [3.8, 4) is 0 Å². The highest BCUT2D eigenvalue weighted by atomic mass is 32.2. The Labute approximate surface area is 95.1 Å². The quantitative estimate of drug-likeness (QED) is 0.452. The van der Waals surface area contributed by atoms with Gasteiger partial charge in [0.25, 0.3) is 5.69 Å². The highest BCUT2D eigenvalue weighted by Gasteiger charge is 2.13. The van der Waals surface area contributed by atoms with Crippen molar-refractivity contribution in [1.29, 1.82) is 0 Å². The summed E-state index contributed by atoms with van der Waals surface area (Å²) in [5.41, 5.74) is 2.23. The molecule has 0 aliphatic carbocycles. The Hall–Kier alpha value is -1.47. The van der Waals surface area contributed by atoms with Crippen molar-refractivity contribution >= 4 is 22.5 Å². The third kappa shape index (κ3) is 3.59. The van der Waals surface area contributed by atoms with Gasteiger partial charge in [0, 0.05) is 24.4 Å². The lowest BCUT2D eigenvalue weighted by Crippen LogP contribution is -1.92. The molecule has 0 fully saturated rings. The van der Waals surface area contributed by atoms with Crippen LogP contribution in [0, 0.1) is 10.1 Å². The van der Waals surface area contributed by atoms with Crippen LogP contribution in [0.4, 0.5) is 11.4 Å². The third-order valence-corrected chi connectivity index (χ3v) is 2.01. The Morgan fingerprint density at radius 3 is 2.69 bits per heavy atom. The highest BCUT2D eigenvalue weighted by molar-refractivity contribution is 7.78. The van der Waals surface area contributed by atoms with E-state index in [1.807, 2.05) is 6.07 Å². The molecule has 1 unspecified atom stereocenters. The SMILES string of the molecule is CS(=O)[O-].O=[N+]([O-])c1ccc2c(c1)NCC2. The first kappa shape index (κ1) is 12.6. The summed E-state index contributed by atoms with van der Waals surface area (Å²) in [6, 6.07) is 4.95. The second kappa shape index (κ2) is 5.57. The Balaban J connectivity index is 0.000000280. The molecule has 7 heteroatoms. The molecule has 0 radical (unpaired) electrons. The molecule has 0 saturated heterocycles. The summed E-state index contributed by atoms with van der Waals surface area (Å²) in [5.74, 6) is 0. The average Bonchev–Trinajstić information content (AvgIpc) is 2.62. The van der Waals surface area contributed by atoms with Gasteiger partial charge in [-0.2, -0.15) is 0 Å². The smallest absolute Gasteiger partial charge is 0.271 e. The fraction of sp³-hybridized carbons (Fsp3) is 0.333. The van der Waals surface area contributed by atoms with Crippen LogP contribution in [0.1, 0.15) is 5.56 Å². The number of benzene rings is 1. The summed E-state index contributed by atoms with van der Waals surface area (Å²) >= 11 is -1.86. The molecule has 16 heavy (non-hydrogen) atoms. The zero-order valence-electron chi connectivity index (χ0n) is 8.63. The summed E-state index contributed by atoms with van der Waals surface area (Å²) in [5, 5.41) is 13.5. The summed E-state index contributed by atoms with van der Waals surface area (Å²) in [7, 11) is 0. The second-order valence-electron chi connectivity index (χ2n) is 3.18.